The topological polar surface area (TPSA) is 45.3 Å². The summed E-state index contributed by atoms with van der Waals surface area (Å²) in [5, 5.41) is 0.713. The molecule has 2 aromatic carbocycles. The van der Waals surface area contributed by atoms with E-state index in [-0.39, 0.29) is 5.43 Å². The molecule has 0 unspecified atom stereocenters. The Morgan fingerprint density at radius 3 is 2.66 bits per heavy atom. The highest BCUT2D eigenvalue weighted by Gasteiger charge is 2.49. The van der Waals surface area contributed by atoms with Gasteiger partial charge < -0.3 is 9.72 Å². The van der Waals surface area contributed by atoms with E-state index in [9.17, 15) is 4.79 Å². The standard InChI is InChI=1S/C28H34N2O2/c1-19-24(15-30-18-28(4)14-21(30)13-27(2,3)17-28)26(31)23-12-22(10-11-25(23)29-19)32-16-20-8-6-5-7-9-20/h5-12,21H,13-18H2,1-4H3,(H,29,31)/t21-,28+/m1/s1. The van der Waals surface area contributed by atoms with Gasteiger partial charge in [0.1, 0.15) is 12.4 Å². The van der Waals surface area contributed by atoms with Gasteiger partial charge in [-0.2, -0.15) is 0 Å². The van der Waals surface area contributed by atoms with Crippen LogP contribution in [-0.2, 0) is 13.2 Å². The number of aromatic nitrogens is 1. The fourth-order valence-corrected chi connectivity index (χ4v) is 6.42. The van der Waals surface area contributed by atoms with Crippen molar-refractivity contribution >= 4 is 10.9 Å². The van der Waals surface area contributed by atoms with Crippen LogP contribution in [0.5, 0.6) is 5.75 Å². The van der Waals surface area contributed by atoms with Gasteiger partial charge in [0.25, 0.3) is 0 Å². The summed E-state index contributed by atoms with van der Waals surface area (Å²) in [6, 6.07) is 16.5. The predicted molar refractivity (Wildman–Crippen MR) is 130 cm³/mol. The van der Waals surface area contributed by atoms with E-state index >= 15 is 0 Å². The molecule has 1 aromatic heterocycles. The van der Waals surface area contributed by atoms with Gasteiger partial charge >= 0.3 is 0 Å². The maximum Gasteiger partial charge on any atom is 0.194 e. The fraction of sp³-hybridized carbons (Fsp3) is 0.464. The van der Waals surface area contributed by atoms with Gasteiger partial charge in [0.05, 0.1) is 0 Å². The molecule has 2 atom stereocenters. The first-order valence-electron chi connectivity index (χ1n) is 11.8. The third-order valence-electron chi connectivity index (χ3n) is 7.42. The van der Waals surface area contributed by atoms with E-state index in [1.165, 1.54) is 19.3 Å². The van der Waals surface area contributed by atoms with Crippen LogP contribution < -0.4 is 10.2 Å². The summed E-state index contributed by atoms with van der Waals surface area (Å²) in [6.45, 7) is 11.5. The molecule has 5 rings (SSSR count). The summed E-state index contributed by atoms with van der Waals surface area (Å²) in [6.07, 6.45) is 3.73. The van der Waals surface area contributed by atoms with Gasteiger partial charge in [-0.25, -0.2) is 0 Å². The van der Waals surface area contributed by atoms with Gasteiger partial charge in [-0.3, -0.25) is 9.69 Å². The molecule has 4 heteroatoms. The van der Waals surface area contributed by atoms with Crippen LogP contribution in [0.3, 0.4) is 0 Å². The molecular formula is C28H34N2O2. The first kappa shape index (κ1) is 21.3. The predicted octanol–water partition coefficient (Wildman–Crippen LogP) is 5.82. The van der Waals surface area contributed by atoms with Crippen LogP contribution in [0, 0.1) is 17.8 Å². The summed E-state index contributed by atoms with van der Waals surface area (Å²) in [4.78, 5) is 19.6. The quantitative estimate of drug-likeness (QED) is 0.555. The molecule has 3 aromatic rings. The van der Waals surface area contributed by atoms with E-state index in [1.54, 1.807) is 0 Å². The number of hydrogen-bond donors (Lipinski definition) is 1. The van der Waals surface area contributed by atoms with Crippen LogP contribution in [0.2, 0.25) is 0 Å². The molecule has 168 valence electrons. The van der Waals surface area contributed by atoms with E-state index in [1.807, 2.05) is 55.5 Å². The molecule has 1 aliphatic carbocycles. The minimum Gasteiger partial charge on any atom is -0.489 e. The Labute approximate surface area is 190 Å². The molecule has 0 spiro atoms. The van der Waals surface area contributed by atoms with Gasteiger partial charge in [-0.1, -0.05) is 51.1 Å². The van der Waals surface area contributed by atoms with Crippen LogP contribution in [0.4, 0.5) is 0 Å². The summed E-state index contributed by atoms with van der Waals surface area (Å²) in [5.74, 6) is 0.730. The van der Waals surface area contributed by atoms with Gasteiger partial charge in [-0.15, -0.1) is 0 Å². The average Bonchev–Trinajstić information content (AvgIpc) is 2.98. The van der Waals surface area contributed by atoms with E-state index in [0.717, 1.165) is 41.2 Å². The van der Waals surface area contributed by atoms with Crippen molar-refractivity contribution in [2.45, 2.75) is 66.2 Å². The van der Waals surface area contributed by atoms with Crippen LogP contribution in [0.1, 0.15) is 56.9 Å². The summed E-state index contributed by atoms with van der Waals surface area (Å²) >= 11 is 0. The Bertz CT molecular complexity index is 1200. The number of ether oxygens (including phenoxy) is 1. The molecule has 1 saturated heterocycles. The minimum atomic E-state index is 0.132. The lowest BCUT2D eigenvalue weighted by Gasteiger charge is -2.40. The number of aromatic amines is 1. The highest BCUT2D eigenvalue weighted by atomic mass is 16.5. The highest BCUT2D eigenvalue weighted by molar-refractivity contribution is 5.81. The molecule has 1 saturated carbocycles. The lowest BCUT2D eigenvalue weighted by atomic mass is 9.65. The van der Waals surface area contributed by atoms with Crippen molar-refractivity contribution in [3.05, 3.63) is 75.6 Å². The van der Waals surface area contributed by atoms with Gasteiger partial charge in [0.2, 0.25) is 0 Å². The number of likely N-dealkylation sites (tertiary alicyclic amines) is 1. The van der Waals surface area contributed by atoms with E-state index in [2.05, 4.69) is 30.7 Å². The van der Waals surface area contributed by atoms with Crippen LogP contribution in [0.25, 0.3) is 10.9 Å². The van der Waals surface area contributed by atoms with Crippen LogP contribution in [0.15, 0.2) is 53.3 Å². The maximum absolute atomic E-state index is 13.6. The molecule has 2 bridgehead atoms. The molecule has 2 fully saturated rings. The number of hydrogen-bond acceptors (Lipinski definition) is 3. The van der Waals surface area contributed by atoms with Gasteiger partial charge in [0, 0.05) is 41.3 Å². The van der Waals surface area contributed by atoms with Crippen molar-refractivity contribution in [3.8, 4) is 5.75 Å². The third-order valence-corrected chi connectivity index (χ3v) is 7.42. The van der Waals surface area contributed by atoms with Crippen molar-refractivity contribution < 1.29 is 4.74 Å². The lowest BCUT2D eigenvalue weighted by molar-refractivity contribution is 0.126. The smallest absolute Gasteiger partial charge is 0.194 e. The van der Waals surface area contributed by atoms with Gasteiger partial charge in [-0.05, 0) is 60.8 Å². The molecule has 2 heterocycles. The Morgan fingerprint density at radius 2 is 1.88 bits per heavy atom. The molecule has 1 N–H and O–H groups in total. The van der Waals surface area contributed by atoms with Crippen LogP contribution >= 0.6 is 0 Å². The number of nitrogens with one attached hydrogen (secondary N) is 1. The number of benzene rings is 2. The zero-order valence-electron chi connectivity index (χ0n) is 19.7. The number of fused-ring (bicyclic) bond motifs is 3. The maximum atomic E-state index is 13.6. The Morgan fingerprint density at radius 1 is 1.09 bits per heavy atom. The molecule has 0 amide bonds. The lowest BCUT2D eigenvalue weighted by Crippen LogP contribution is -2.35. The van der Waals surface area contributed by atoms with Crippen molar-refractivity contribution in [1.82, 2.24) is 9.88 Å². The van der Waals surface area contributed by atoms with Crippen LogP contribution in [-0.4, -0.2) is 22.5 Å². The first-order chi connectivity index (χ1) is 15.2. The second-order valence-corrected chi connectivity index (χ2v) is 11.2. The average molecular weight is 431 g/mol. The zero-order chi connectivity index (χ0) is 22.5. The molecule has 1 aliphatic heterocycles. The monoisotopic (exact) mass is 430 g/mol. The van der Waals surface area contributed by atoms with Crippen molar-refractivity contribution in [2.75, 3.05) is 6.54 Å². The number of nitrogens with zero attached hydrogens (tertiary/aromatic N) is 1. The molecule has 0 radical (unpaired) electrons. The van der Waals surface area contributed by atoms with E-state index < -0.39 is 0 Å². The van der Waals surface area contributed by atoms with E-state index in [0.29, 0.717) is 28.9 Å². The first-order valence-corrected chi connectivity index (χ1v) is 11.8. The zero-order valence-corrected chi connectivity index (χ0v) is 19.7. The number of pyridine rings is 1. The Hall–Kier alpha value is -2.59. The SMILES string of the molecule is Cc1[nH]c2ccc(OCc3ccccc3)cc2c(=O)c1CN1C[C@@]2(C)C[C@H]1CC(C)(C)C2. The number of aryl methyl sites for hydroxylation is 1. The van der Waals surface area contributed by atoms with E-state index in [4.69, 9.17) is 4.74 Å². The number of rotatable bonds is 5. The molecule has 4 nitrogen and oxygen atoms in total. The summed E-state index contributed by atoms with van der Waals surface area (Å²) in [7, 11) is 0. The highest BCUT2D eigenvalue weighted by Crippen LogP contribution is 2.52. The normalized spacial score (nSPS) is 24.7. The molecule has 2 aliphatic rings. The molecular weight excluding hydrogens is 396 g/mol. The summed E-state index contributed by atoms with van der Waals surface area (Å²) in [5.41, 5.74) is 4.73. The van der Waals surface area contributed by atoms with Crippen molar-refractivity contribution in [1.29, 1.82) is 0 Å². The molecule has 32 heavy (non-hydrogen) atoms. The summed E-state index contributed by atoms with van der Waals surface area (Å²) < 4.78 is 5.99. The minimum absolute atomic E-state index is 0.132. The number of H-pyrrole nitrogens is 1. The third kappa shape index (κ3) is 4.09. The fourth-order valence-electron chi connectivity index (χ4n) is 6.42. The van der Waals surface area contributed by atoms with Gasteiger partial charge in [0.15, 0.2) is 5.43 Å². The Balaban J connectivity index is 1.42. The second-order valence-electron chi connectivity index (χ2n) is 11.2. The van der Waals surface area contributed by atoms with Crippen molar-refractivity contribution in [2.24, 2.45) is 10.8 Å². The Kier molecular flexibility index (Phi) is 5.16. The largest absolute Gasteiger partial charge is 0.489 e. The second kappa shape index (κ2) is 7.77. The van der Waals surface area contributed by atoms with Crippen molar-refractivity contribution in [3.63, 3.8) is 0 Å².